The lowest BCUT2D eigenvalue weighted by atomic mass is 9.86. The summed E-state index contributed by atoms with van der Waals surface area (Å²) in [5.74, 6) is -0.116. The predicted octanol–water partition coefficient (Wildman–Crippen LogP) is 4.46. The first kappa shape index (κ1) is 12.9. The van der Waals surface area contributed by atoms with Crippen LogP contribution in [0.1, 0.15) is 42.3 Å². The summed E-state index contributed by atoms with van der Waals surface area (Å²) < 4.78 is 4.93. The molecule has 2 aromatic rings. The van der Waals surface area contributed by atoms with E-state index in [1.807, 2.05) is 24.3 Å². The van der Waals surface area contributed by atoms with E-state index in [4.69, 9.17) is 16.0 Å². The Morgan fingerprint density at radius 2 is 1.72 bits per heavy atom. The van der Waals surface area contributed by atoms with Crippen molar-refractivity contribution in [1.29, 1.82) is 0 Å². The molecular formula is C15H15ClO2. The minimum Gasteiger partial charge on any atom is -0.452 e. The second-order valence-electron chi connectivity index (χ2n) is 5.26. The van der Waals surface area contributed by atoms with Crippen LogP contribution in [0, 0.1) is 0 Å². The molecule has 0 spiro atoms. The van der Waals surface area contributed by atoms with E-state index in [-0.39, 0.29) is 16.4 Å². The molecule has 0 saturated heterocycles. The molecular weight excluding hydrogens is 248 g/mol. The van der Waals surface area contributed by atoms with Gasteiger partial charge < -0.3 is 4.42 Å². The van der Waals surface area contributed by atoms with Gasteiger partial charge in [-0.2, -0.15) is 0 Å². The van der Waals surface area contributed by atoms with Crippen molar-refractivity contribution in [2.45, 2.75) is 26.2 Å². The molecule has 3 heteroatoms. The van der Waals surface area contributed by atoms with Crippen LogP contribution in [0.2, 0.25) is 5.22 Å². The molecule has 0 aliphatic heterocycles. The summed E-state index contributed by atoms with van der Waals surface area (Å²) in [6.45, 7) is 6.41. The van der Waals surface area contributed by atoms with E-state index in [0.717, 1.165) is 0 Å². The van der Waals surface area contributed by atoms with Gasteiger partial charge in [0.2, 0.25) is 5.22 Å². The van der Waals surface area contributed by atoms with Crippen molar-refractivity contribution in [3.63, 3.8) is 0 Å². The number of halogens is 1. The third kappa shape index (κ3) is 2.49. The largest absolute Gasteiger partial charge is 0.452 e. The highest BCUT2D eigenvalue weighted by molar-refractivity contribution is 6.33. The van der Waals surface area contributed by atoms with Crippen molar-refractivity contribution >= 4 is 17.4 Å². The van der Waals surface area contributed by atoms with Crippen LogP contribution in [-0.2, 0) is 5.41 Å². The van der Waals surface area contributed by atoms with E-state index in [2.05, 4.69) is 20.8 Å². The number of hydrogen-bond acceptors (Lipinski definition) is 2. The second kappa shape index (κ2) is 4.62. The molecule has 1 heterocycles. The van der Waals surface area contributed by atoms with Gasteiger partial charge in [-0.25, -0.2) is 0 Å². The van der Waals surface area contributed by atoms with Crippen molar-refractivity contribution < 1.29 is 9.21 Å². The topological polar surface area (TPSA) is 30.2 Å². The summed E-state index contributed by atoms with van der Waals surface area (Å²) in [6, 6.07) is 9.18. The van der Waals surface area contributed by atoms with Crippen molar-refractivity contribution in [3.05, 3.63) is 58.5 Å². The first-order chi connectivity index (χ1) is 8.39. The number of furan rings is 1. The average Bonchev–Trinajstić information content (AvgIpc) is 2.73. The van der Waals surface area contributed by atoms with E-state index in [1.165, 1.54) is 11.8 Å². The lowest BCUT2D eigenvalue weighted by Crippen LogP contribution is -2.11. The van der Waals surface area contributed by atoms with Gasteiger partial charge in [-0.15, -0.1) is 0 Å². The molecule has 0 bridgehead atoms. The third-order valence-electron chi connectivity index (χ3n) is 2.88. The molecule has 0 atom stereocenters. The van der Waals surface area contributed by atoms with Crippen LogP contribution in [0.25, 0.3) is 0 Å². The highest BCUT2D eigenvalue weighted by Crippen LogP contribution is 2.24. The molecule has 1 aromatic carbocycles. The second-order valence-corrected chi connectivity index (χ2v) is 5.61. The maximum atomic E-state index is 12.1. The highest BCUT2D eigenvalue weighted by Gasteiger charge is 2.17. The molecule has 0 unspecified atom stereocenters. The molecule has 0 aliphatic rings. The number of benzene rings is 1. The summed E-state index contributed by atoms with van der Waals surface area (Å²) in [6.07, 6.45) is 1.42. The zero-order valence-corrected chi connectivity index (χ0v) is 11.4. The van der Waals surface area contributed by atoms with Crippen LogP contribution in [0.3, 0.4) is 0 Å². The van der Waals surface area contributed by atoms with Crippen molar-refractivity contribution in [2.75, 3.05) is 0 Å². The SMILES string of the molecule is CC(C)(C)c1ccc(C(=O)c2ccoc2Cl)cc1. The summed E-state index contributed by atoms with van der Waals surface area (Å²) >= 11 is 5.80. The van der Waals surface area contributed by atoms with Gasteiger partial charge >= 0.3 is 0 Å². The molecule has 0 fully saturated rings. The van der Waals surface area contributed by atoms with Gasteiger partial charge in [0.05, 0.1) is 11.8 Å². The molecule has 94 valence electrons. The van der Waals surface area contributed by atoms with Crippen LogP contribution in [0.4, 0.5) is 0 Å². The maximum absolute atomic E-state index is 12.1. The number of rotatable bonds is 2. The van der Waals surface area contributed by atoms with Crippen LogP contribution >= 0.6 is 11.6 Å². The van der Waals surface area contributed by atoms with Gasteiger partial charge in [0.15, 0.2) is 5.78 Å². The molecule has 0 N–H and O–H groups in total. The Hall–Kier alpha value is -1.54. The van der Waals surface area contributed by atoms with E-state index < -0.39 is 0 Å². The molecule has 2 nitrogen and oxygen atoms in total. The number of carbonyl (C=O) groups excluding carboxylic acids is 1. The summed E-state index contributed by atoms with van der Waals surface area (Å²) in [5.41, 5.74) is 2.29. The molecule has 2 rings (SSSR count). The molecule has 0 saturated carbocycles. The normalized spacial score (nSPS) is 11.6. The lowest BCUT2D eigenvalue weighted by molar-refractivity contribution is 0.103. The van der Waals surface area contributed by atoms with Crippen LogP contribution < -0.4 is 0 Å². The first-order valence-electron chi connectivity index (χ1n) is 5.78. The lowest BCUT2D eigenvalue weighted by Gasteiger charge is -2.18. The smallest absolute Gasteiger partial charge is 0.204 e. The fourth-order valence-corrected chi connectivity index (χ4v) is 1.93. The Bertz CT molecular complexity index is 559. The van der Waals surface area contributed by atoms with Gasteiger partial charge in [0.25, 0.3) is 0 Å². The minimum absolute atomic E-state index is 0.0782. The highest BCUT2D eigenvalue weighted by atomic mass is 35.5. The van der Waals surface area contributed by atoms with E-state index in [1.54, 1.807) is 6.07 Å². The van der Waals surface area contributed by atoms with Gasteiger partial charge in [-0.1, -0.05) is 45.0 Å². The zero-order valence-electron chi connectivity index (χ0n) is 10.7. The number of carbonyl (C=O) groups is 1. The van der Waals surface area contributed by atoms with E-state index in [0.29, 0.717) is 11.1 Å². The minimum atomic E-state index is -0.116. The summed E-state index contributed by atoms with van der Waals surface area (Å²) in [7, 11) is 0. The Morgan fingerprint density at radius 3 is 2.17 bits per heavy atom. The Kier molecular flexibility index (Phi) is 3.31. The fraction of sp³-hybridized carbons (Fsp3) is 0.267. The fourth-order valence-electron chi connectivity index (χ4n) is 1.73. The van der Waals surface area contributed by atoms with Gasteiger partial charge in [0, 0.05) is 5.56 Å². The van der Waals surface area contributed by atoms with Gasteiger partial charge in [0.1, 0.15) is 0 Å². The number of ketones is 1. The zero-order chi connectivity index (χ0) is 13.3. The Labute approximate surface area is 112 Å². The summed E-state index contributed by atoms with van der Waals surface area (Å²) in [5, 5.41) is 0.139. The Balaban J connectivity index is 2.31. The molecule has 1 aromatic heterocycles. The van der Waals surface area contributed by atoms with Crippen LogP contribution in [0.5, 0.6) is 0 Å². The third-order valence-corrected chi connectivity index (χ3v) is 3.17. The van der Waals surface area contributed by atoms with Crippen LogP contribution in [0.15, 0.2) is 41.0 Å². The number of hydrogen-bond donors (Lipinski definition) is 0. The van der Waals surface area contributed by atoms with Crippen molar-refractivity contribution in [2.24, 2.45) is 0 Å². The predicted molar refractivity (Wildman–Crippen MR) is 72.3 cm³/mol. The Morgan fingerprint density at radius 1 is 1.11 bits per heavy atom. The van der Waals surface area contributed by atoms with E-state index >= 15 is 0 Å². The van der Waals surface area contributed by atoms with Crippen LogP contribution in [-0.4, -0.2) is 5.78 Å². The molecule has 18 heavy (non-hydrogen) atoms. The van der Waals surface area contributed by atoms with Crippen molar-refractivity contribution in [1.82, 2.24) is 0 Å². The standard InChI is InChI=1S/C15H15ClO2/c1-15(2,3)11-6-4-10(5-7-11)13(17)12-8-9-18-14(12)16/h4-9H,1-3H3. The monoisotopic (exact) mass is 262 g/mol. The van der Waals surface area contributed by atoms with Crippen molar-refractivity contribution in [3.8, 4) is 0 Å². The average molecular weight is 263 g/mol. The first-order valence-corrected chi connectivity index (χ1v) is 6.15. The molecule has 0 radical (unpaired) electrons. The quantitative estimate of drug-likeness (QED) is 0.748. The summed E-state index contributed by atoms with van der Waals surface area (Å²) in [4.78, 5) is 12.1. The van der Waals surface area contributed by atoms with Gasteiger partial charge in [-0.05, 0) is 28.6 Å². The van der Waals surface area contributed by atoms with Gasteiger partial charge in [-0.3, -0.25) is 4.79 Å². The van der Waals surface area contributed by atoms with E-state index in [9.17, 15) is 4.79 Å². The molecule has 0 amide bonds. The molecule has 0 aliphatic carbocycles. The maximum Gasteiger partial charge on any atom is 0.204 e.